The van der Waals surface area contributed by atoms with Crippen LogP contribution in [0.3, 0.4) is 0 Å². The average molecular weight is 272 g/mol. The van der Waals surface area contributed by atoms with E-state index in [1.165, 1.54) is 0 Å². The monoisotopic (exact) mass is 272 g/mol. The van der Waals surface area contributed by atoms with Gasteiger partial charge in [0.15, 0.2) is 0 Å². The summed E-state index contributed by atoms with van der Waals surface area (Å²) in [5.41, 5.74) is 0.319. The van der Waals surface area contributed by atoms with Crippen molar-refractivity contribution >= 4 is 5.97 Å². The Morgan fingerprint density at radius 3 is 2.37 bits per heavy atom. The average Bonchev–Trinajstić information content (AvgIpc) is 3.08. The maximum Gasteiger partial charge on any atom is 0.372 e. The Balaban J connectivity index is 2.34. The van der Waals surface area contributed by atoms with Gasteiger partial charge in [0.25, 0.3) is 0 Å². The van der Waals surface area contributed by atoms with E-state index in [2.05, 4.69) is 27.7 Å². The molecule has 0 saturated carbocycles. The third-order valence-electron chi connectivity index (χ3n) is 3.49. The third kappa shape index (κ3) is 5.11. The summed E-state index contributed by atoms with van der Waals surface area (Å²) in [5, 5.41) is 0. The second kappa shape index (κ2) is 6.71. The number of hydrogen-bond donors (Lipinski definition) is 0. The number of esters is 1. The normalized spacial score (nSPS) is 19.0. The lowest BCUT2D eigenvalue weighted by molar-refractivity contribution is -0.153. The first-order chi connectivity index (χ1) is 8.82. The Kier molecular flexibility index (Phi) is 5.81. The van der Waals surface area contributed by atoms with Gasteiger partial charge in [0.1, 0.15) is 0 Å². The summed E-state index contributed by atoms with van der Waals surface area (Å²) in [6, 6.07) is 0. The molecule has 0 aliphatic carbocycles. The summed E-state index contributed by atoms with van der Waals surface area (Å²) in [5.74, 6) is -1.46. The van der Waals surface area contributed by atoms with Crippen molar-refractivity contribution in [2.45, 2.75) is 72.5 Å². The number of unbranched alkanes of at least 4 members (excludes halogenated alkanes) is 1. The van der Waals surface area contributed by atoms with E-state index >= 15 is 0 Å². The molecule has 112 valence electrons. The first kappa shape index (κ1) is 16.4. The number of hydrogen-bond acceptors (Lipinski definition) is 4. The highest BCUT2D eigenvalue weighted by Gasteiger charge is 2.62. The van der Waals surface area contributed by atoms with Crippen LogP contribution in [-0.4, -0.2) is 18.4 Å². The molecular weight excluding hydrogens is 244 g/mol. The lowest BCUT2D eigenvalue weighted by atomic mass is 9.86. The van der Waals surface area contributed by atoms with Gasteiger partial charge < -0.3 is 4.74 Å². The topological polar surface area (TPSA) is 51.4 Å². The fourth-order valence-electron chi connectivity index (χ4n) is 2.02. The van der Waals surface area contributed by atoms with Gasteiger partial charge in [-0.15, -0.1) is 0 Å². The molecule has 0 aromatic carbocycles. The second-order valence-corrected chi connectivity index (χ2v) is 6.68. The predicted molar refractivity (Wildman–Crippen MR) is 73.2 cm³/mol. The first-order valence-electron chi connectivity index (χ1n) is 7.36. The minimum Gasteiger partial charge on any atom is -0.462 e. The summed E-state index contributed by atoms with van der Waals surface area (Å²) >= 11 is 0. The van der Waals surface area contributed by atoms with Crippen LogP contribution in [0.15, 0.2) is 0 Å². The standard InChI is InChI=1S/C15H28O4/c1-6-7-11-17-13(16)15(18-19-15)12(2)9-8-10-14(3,4)5/h12H,6-11H2,1-5H3. The maximum absolute atomic E-state index is 11.9. The molecule has 0 radical (unpaired) electrons. The van der Waals surface area contributed by atoms with Gasteiger partial charge in [-0.3, -0.25) is 0 Å². The molecule has 0 aromatic heterocycles. The predicted octanol–water partition coefficient (Wildman–Crippen LogP) is 3.84. The van der Waals surface area contributed by atoms with Gasteiger partial charge in [0, 0.05) is 5.92 Å². The summed E-state index contributed by atoms with van der Waals surface area (Å²) in [4.78, 5) is 21.8. The smallest absolute Gasteiger partial charge is 0.372 e. The lowest BCUT2D eigenvalue weighted by Gasteiger charge is -2.20. The van der Waals surface area contributed by atoms with E-state index in [0.29, 0.717) is 12.0 Å². The van der Waals surface area contributed by atoms with E-state index in [1.807, 2.05) is 6.92 Å². The molecular formula is C15H28O4. The lowest BCUT2D eigenvalue weighted by Crippen LogP contribution is -2.34. The van der Waals surface area contributed by atoms with Crippen molar-refractivity contribution in [1.82, 2.24) is 0 Å². The zero-order chi connectivity index (χ0) is 14.5. The fraction of sp³-hybridized carbons (Fsp3) is 0.933. The molecule has 0 aromatic rings. The molecule has 19 heavy (non-hydrogen) atoms. The molecule has 1 saturated heterocycles. The second-order valence-electron chi connectivity index (χ2n) is 6.68. The number of ether oxygens (including phenoxy) is 1. The van der Waals surface area contributed by atoms with Gasteiger partial charge in [-0.2, -0.15) is 9.78 Å². The summed E-state index contributed by atoms with van der Waals surface area (Å²) in [7, 11) is 0. The van der Waals surface area contributed by atoms with Crippen molar-refractivity contribution in [3.05, 3.63) is 0 Å². The van der Waals surface area contributed by atoms with Gasteiger partial charge in [-0.1, -0.05) is 47.5 Å². The molecule has 1 aliphatic rings. The van der Waals surface area contributed by atoms with Crippen molar-refractivity contribution in [3.63, 3.8) is 0 Å². The van der Waals surface area contributed by atoms with Crippen LogP contribution >= 0.6 is 0 Å². The Morgan fingerprint density at radius 1 is 1.26 bits per heavy atom. The van der Waals surface area contributed by atoms with Crippen LogP contribution < -0.4 is 0 Å². The summed E-state index contributed by atoms with van der Waals surface area (Å²) in [6.45, 7) is 11.1. The highest BCUT2D eigenvalue weighted by atomic mass is 17.4. The Bertz CT molecular complexity index is 289. The van der Waals surface area contributed by atoms with Crippen molar-refractivity contribution in [2.24, 2.45) is 11.3 Å². The Hall–Kier alpha value is -0.610. The van der Waals surface area contributed by atoms with E-state index in [0.717, 1.165) is 32.1 Å². The van der Waals surface area contributed by atoms with Crippen molar-refractivity contribution in [2.75, 3.05) is 6.61 Å². The number of carbonyl (C=O) groups is 1. The number of rotatable bonds is 8. The third-order valence-corrected chi connectivity index (χ3v) is 3.49. The van der Waals surface area contributed by atoms with Crippen LogP contribution in [0, 0.1) is 11.3 Å². The number of carbonyl (C=O) groups excluding carboxylic acids is 1. The van der Waals surface area contributed by atoms with E-state index in [9.17, 15) is 4.79 Å². The van der Waals surface area contributed by atoms with Gasteiger partial charge >= 0.3 is 11.8 Å². The fourth-order valence-corrected chi connectivity index (χ4v) is 2.02. The molecule has 4 heteroatoms. The molecule has 1 rings (SSSR count). The van der Waals surface area contributed by atoms with Gasteiger partial charge in [-0.05, 0) is 24.7 Å². The van der Waals surface area contributed by atoms with E-state index in [1.54, 1.807) is 0 Å². The highest BCUT2D eigenvalue weighted by Crippen LogP contribution is 2.41. The summed E-state index contributed by atoms with van der Waals surface area (Å²) < 4.78 is 5.19. The van der Waals surface area contributed by atoms with E-state index < -0.39 is 5.79 Å². The molecule has 0 amide bonds. The first-order valence-corrected chi connectivity index (χ1v) is 7.36. The van der Waals surface area contributed by atoms with Crippen LogP contribution in [0.25, 0.3) is 0 Å². The quantitative estimate of drug-likeness (QED) is 0.291. The van der Waals surface area contributed by atoms with Crippen molar-refractivity contribution in [3.8, 4) is 0 Å². The molecule has 0 N–H and O–H groups in total. The molecule has 1 aliphatic heterocycles. The van der Waals surface area contributed by atoms with Crippen LogP contribution in [0.5, 0.6) is 0 Å². The molecule has 0 bridgehead atoms. The SMILES string of the molecule is CCCCOC(=O)C1(C(C)CCCC(C)(C)C)OO1. The molecule has 4 nitrogen and oxygen atoms in total. The molecule has 1 unspecified atom stereocenters. The van der Waals surface area contributed by atoms with Crippen LogP contribution in [0.2, 0.25) is 0 Å². The van der Waals surface area contributed by atoms with Crippen LogP contribution in [0.1, 0.15) is 66.7 Å². The maximum atomic E-state index is 11.9. The Morgan fingerprint density at radius 2 is 1.89 bits per heavy atom. The zero-order valence-electron chi connectivity index (χ0n) is 13.0. The van der Waals surface area contributed by atoms with Gasteiger partial charge in [0.2, 0.25) is 0 Å². The largest absolute Gasteiger partial charge is 0.462 e. The Labute approximate surface area is 116 Å². The molecule has 1 fully saturated rings. The van der Waals surface area contributed by atoms with Crippen LogP contribution in [-0.2, 0) is 19.3 Å². The van der Waals surface area contributed by atoms with E-state index in [-0.39, 0.29) is 11.9 Å². The molecule has 1 atom stereocenters. The van der Waals surface area contributed by atoms with E-state index in [4.69, 9.17) is 14.5 Å². The van der Waals surface area contributed by atoms with Crippen LogP contribution in [0.4, 0.5) is 0 Å². The van der Waals surface area contributed by atoms with Gasteiger partial charge in [0.05, 0.1) is 6.61 Å². The van der Waals surface area contributed by atoms with Gasteiger partial charge in [-0.25, -0.2) is 4.79 Å². The summed E-state index contributed by atoms with van der Waals surface area (Å²) in [6.07, 6.45) is 4.96. The van der Waals surface area contributed by atoms with Crippen molar-refractivity contribution < 1.29 is 19.3 Å². The minimum atomic E-state index is -1.12. The molecule has 1 heterocycles. The zero-order valence-corrected chi connectivity index (χ0v) is 13.0. The highest BCUT2D eigenvalue weighted by molar-refractivity contribution is 5.79. The van der Waals surface area contributed by atoms with Crippen molar-refractivity contribution in [1.29, 1.82) is 0 Å². The minimum absolute atomic E-state index is 0.0315. The molecule has 0 spiro atoms.